The average molecular weight is 303 g/mol. The van der Waals surface area contributed by atoms with Gasteiger partial charge in [0, 0.05) is 22.4 Å². The van der Waals surface area contributed by atoms with E-state index >= 15 is 0 Å². The molecule has 0 spiro atoms. The maximum absolute atomic E-state index is 11.7. The molecule has 1 amide bonds. The van der Waals surface area contributed by atoms with Crippen LogP contribution >= 0.6 is 23.4 Å². The zero-order chi connectivity index (χ0) is 14.4. The van der Waals surface area contributed by atoms with E-state index in [4.69, 9.17) is 17.3 Å². The number of aliphatic hydroxyl groups excluding tert-OH is 1. The van der Waals surface area contributed by atoms with E-state index in [0.717, 1.165) is 0 Å². The second-order valence-corrected chi connectivity index (χ2v) is 6.27. The van der Waals surface area contributed by atoms with Gasteiger partial charge in [-0.3, -0.25) is 4.79 Å². The van der Waals surface area contributed by atoms with Crippen LogP contribution in [-0.4, -0.2) is 28.1 Å². The van der Waals surface area contributed by atoms with E-state index in [1.165, 1.54) is 0 Å². The average Bonchev–Trinajstić information content (AvgIpc) is 2.33. The summed E-state index contributed by atoms with van der Waals surface area (Å²) in [7, 11) is 0. The Labute approximate surface area is 122 Å². The Kier molecular flexibility index (Phi) is 6.48. The summed E-state index contributed by atoms with van der Waals surface area (Å²) in [6, 6.07) is 4.95. The minimum Gasteiger partial charge on any atom is -0.397 e. The minimum atomic E-state index is -0.378. The number of nitrogens with two attached hydrogens (primary N) is 1. The van der Waals surface area contributed by atoms with Gasteiger partial charge in [0.25, 0.3) is 0 Å². The van der Waals surface area contributed by atoms with E-state index in [1.54, 1.807) is 36.9 Å². The molecule has 19 heavy (non-hydrogen) atoms. The Bertz CT molecular complexity index is 441. The Hall–Kier alpha value is -0.910. The third-order valence-corrected chi connectivity index (χ3v) is 4.27. The first kappa shape index (κ1) is 16.1. The Morgan fingerprint density at radius 2 is 2.21 bits per heavy atom. The summed E-state index contributed by atoms with van der Waals surface area (Å²) in [6.07, 6.45) is -0.00939. The summed E-state index contributed by atoms with van der Waals surface area (Å²) in [5.74, 6) is 0.539. The fourth-order valence-electron chi connectivity index (χ4n) is 1.33. The molecule has 0 bridgehead atoms. The van der Waals surface area contributed by atoms with Crippen molar-refractivity contribution in [3.63, 3.8) is 0 Å². The molecule has 0 radical (unpaired) electrons. The summed E-state index contributed by atoms with van der Waals surface area (Å²) in [4.78, 5) is 11.7. The summed E-state index contributed by atoms with van der Waals surface area (Å²) in [5, 5.41) is 12.7. The molecule has 106 valence electrons. The first-order chi connectivity index (χ1) is 8.90. The molecule has 2 atom stereocenters. The molecule has 0 heterocycles. The molecule has 0 saturated heterocycles. The number of aliphatic hydroxyl groups is 1. The van der Waals surface area contributed by atoms with Gasteiger partial charge < -0.3 is 16.2 Å². The van der Waals surface area contributed by atoms with Crippen LogP contribution in [0.15, 0.2) is 18.2 Å². The molecule has 4 N–H and O–H groups in total. The maximum Gasteiger partial charge on any atom is 0.225 e. The highest BCUT2D eigenvalue weighted by Gasteiger charge is 2.11. The lowest BCUT2D eigenvalue weighted by molar-refractivity contribution is -0.115. The van der Waals surface area contributed by atoms with Crippen molar-refractivity contribution in [2.75, 3.05) is 16.8 Å². The molecule has 0 aromatic heterocycles. The number of anilines is 2. The molecule has 4 nitrogen and oxygen atoms in total. The monoisotopic (exact) mass is 302 g/mol. The molecule has 2 unspecified atom stereocenters. The first-order valence-electron chi connectivity index (χ1n) is 6.04. The zero-order valence-electron chi connectivity index (χ0n) is 11.0. The Morgan fingerprint density at radius 1 is 1.53 bits per heavy atom. The Balaban J connectivity index is 2.41. The molecule has 0 aliphatic carbocycles. The number of amides is 1. The normalized spacial score (nSPS) is 13.9. The number of carbonyl (C=O) groups excluding carboxylic acids is 1. The lowest BCUT2D eigenvalue weighted by Gasteiger charge is -2.14. The fraction of sp³-hybridized carbons (Fsp3) is 0.462. The van der Waals surface area contributed by atoms with Crippen LogP contribution in [0.1, 0.15) is 20.3 Å². The standard InChI is InChI=1S/C13H19ClN2O2S/c1-8(17)9(2)19-6-5-13(18)16-12-7-10(14)3-4-11(12)15/h3-4,7-9,17H,5-6,15H2,1-2H3,(H,16,18). The van der Waals surface area contributed by atoms with Crippen molar-refractivity contribution < 1.29 is 9.90 Å². The Morgan fingerprint density at radius 3 is 2.84 bits per heavy atom. The second kappa shape index (κ2) is 7.62. The van der Waals surface area contributed by atoms with Gasteiger partial charge in [-0.2, -0.15) is 11.8 Å². The van der Waals surface area contributed by atoms with Crippen LogP contribution in [-0.2, 0) is 4.79 Å². The number of rotatable bonds is 6. The molecular weight excluding hydrogens is 284 g/mol. The molecule has 0 aliphatic rings. The predicted molar refractivity (Wildman–Crippen MR) is 82.7 cm³/mol. The third kappa shape index (κ3) is 5.72. The topological polar surface area (TPSA) is 75.3 Å². The molecule has 1 aromatic rings. The molecular formula is C13H19ClN2O2S. The van der Waals surface area contributed by atoms with E-state index in [-0.39, 0.29) is 17.3 Å². The minimum absolute atomic E-state index is 0.112. The number of nitrogen functional groups attached to an aromatic ring is 1. The number of nitrogens with one attached hydrogen (secondary N) is 1. The van der Waals surface area contributed by atoms with Gasteiger partial charge in [0.05, 0.1) is 17.5 Å². The van der Waals surface area contributed by atoms with Crippen molar-refractivity contribution in [2.45, 2.75) is 31.6 Å². The highest BCUT2D eigenvalue weighted by atomic mass is 35.5. The molecule has 6 heteroatoms. The summed E-state index contributed by atoms with van der Waals surface area (Å²) >= 11 is 7.40. The highest BCUT2D eigenvalue weighted by molar-refractivity contribution is 7.99. The van der Waals surface area contributed by atoms with Gasteiger partial charge in [0.2, 0.25) is 5.91 Å². The van der Waals surface area contributed by atoms with Crippen LogP contribution in [0.3, 0.4) is 0 Å². The van der Waals surface area contributed by atoms with Crippen molar-refractivity contribution in [3.05, 3.63) is 23.2 Å². The number of thioether (sulfide) groups is 1. The number of hydrogen-bond donors (Lipinski definition) is 3. The maximum atomic E-state index is 11.7. The largest absolute Gasteiger partial charge is 0.397 e. The fourth-order valence-corrected chi connectivity index (χ4v) is 2.45. The van der Waals surface area contributed by atoms with E-state index in [2.05, 4.69) is 5.32 Å². The van der Waals surface area contributed by atoms with Crippen LogP contribution in [0.2, 0.25) is 5.02 Å². The lowest BCUT2D eigenvalue weighted by atomic mass is 10.2. The number of benzene rings is 1. The van der Waals surface area contributed by atoms with Gasteiger partial charge in [-0.05, 0) is 25.1 Å². The van der Waals surface area contributed by atoms with Gasteiger partial charge >= 0.3 is 0 Å². The van der Waals surface area contributed by atoms with Crippen molar-refractivity contribution in [1.29, 1.82) is 0 Å². The van der Waals surface area contributed by atoms with E-state index in [9.17, 15) is 9.90 Å². The molecule has 0 fully saturated rings. The van der Waals surface area contributed by atoms with E-state index in [1.807, 2.05) is 6.92 Å². The highest BCUT2D eigenvalue weighted by Crippen LogP contribution is 2.23. The summed E-state index contributed by atoms with van der Waals surface area (Å²) < 4.78 is 0. The zero-order valence-corrected chi connectivity index (χ0v) is 12.6. The summed E-state index contributed by atoms with van der Waals surface area (Å²) in [5.41, 5.74) is 6.76. The van der Waals surface area contributed by atoms with Gasteiger partial charge in [-0.1, -0.05) is 18.5 Å². The van der Waals surface area contributed by atoms with Crippen molar-refractivity contribution >= 4 is 40.6 Å². The smallest absolute Gasteiger partial charge is 0.225 e. The lowest BCUT2D eigenvalue weighted by Crippen LogP contribution is -2.18. The van der Waals surface area contributed by atoms with Gasteiger partial charge in [0.15, 0.2) is 0 Å². The number of hydrogen-bond acceptors (Lipinski definition) is 4. The first-order valence-corrected chi connectivity index (χ1v) is 7.47. The van der Waals surface area contributed by atoms with Crippen molar-refractivity contribution in [3.8, 4) is 0 Å². The van der Waals surface area contributed by atoms with Crippen molar-refractivity contribution in [1.82, 2.24) is 0 Å². The SMILES string of the molecule is CC(O)C(C)SCCC(=O)Nc1cc(Cl)ccc1N. The third-order valence-electron chi connectivity index (χ3n) is 2.68. The van der Waals surface area contributed by atoms with Gasteiger partial charge in [-0.25, -0.2) is 0 Å². The van der Waals surface area contributed by atoms with E-state index < -0.39 is 0 Å². The van der Waals surface area contributed by atoms with Gasteiger partial charge in [-0.15, -0.1) is 0 Å². The molecule has 0 aliphatic heterocycles. The number of halogens is 1. The van der Waals surface area contributed by atoms with Crippen LogP contribution in [0.25, 0.3) is 0 Å². The molecule has 1 aromatic carbocycles. The molecule has 0 saturated carbocycles. The van der Waals surface area contributed by atoms with Crippen LogP contribution in [0.5, 0.6) is 0 Å². The number of carbonyl (C=O) groups is 1. The summed E-state index contributed by atoms with van der Waals surface area (Å²) in [6.45, 7) is 3.67. The van der Waals surface area contributed by atoms with Crippen LogP contribution in [0, 0.1) is 0 Å². The van der Waals surface area contributed by atoms with E-state index in [0.29, 0.717) is 28.6 Å². The van der Waals surface area contributed by atoms with Crippen LogP contribution < -0.4 is 11.1 Å². The second-order valence-electron chi connectivity index (χ2n) is 4.35. The van der Waals surface area contributed by atoms with Crippen LogP contribution in [0.4, 0.5) is 11.4 Å². The molecule has 1 rings (SSSR count). The van der Waals surface area contributed by atoms with Crippen molar-refractivity contribution in [2.24, 2.45) is 0 Å². The predicted octanol–water partition coefficient (Wildman–Crippen LogP) is 2.75. The van der Waals surface area contributed by atoms with Gasteiger partial charge in [0.1, 0.15) is 0 Å². The quantitative estimate of drug-likeness (QED) is 0.706.